The lowest BCUT2D eigenvalue weighted by Gasteiger charge is -2.23. The van der Waals surface area contributed by atoms with Crippen LogP contribution in [-0.4, -0.2) is 39.6 Å². The normalized spacial score (nSPS) is 12.8. The number of aliphatic hydroxyl groups is 1. The van der Waals surface area contributed by atoms with Gasteiger partial charge in [0.15, 0.2) is 0 Å². The molecule has 2 unspecified atom stereocenters. The van der Waals surface area contributed by atoms with E-state index in [1.54, 1.807) is 60.9 Å². The van der Waals surface area contributed by atoms with E-state index in [2.05, 4.69) is 10.3 Å². The molecule has 3 rings (SSSR count). The predicted octanol–water partition coefficient (Wildman–Crippen LogP) is 2.06. The summed E-state index contributed by atoms with van der Waals surface area (Å²) < 4.78 is 6.40. The number of carbonyl (C=O) groups excluding carboxylic acids is 2. The number of carbonyl (C=O) groups is 2. The fourth-order valence-electron chi connectivity index (χ4n) is 2.64. The summed E-state index contributed by atoms with van der Waals surface area (Å²) in [6.45, 7) is 0. The van der Waals surface area contributed by atoms with Crippen LogP contribution in [0, 0.1) is 0 Å². The average Bonchev–Trinajstić information content (AvgIpc) is 3.26. The van der Waals surface area contributed by atoms with Gasteiger partial charge >= 0.3 is 0 Å². The van der Waals surface area contributed by atoms with E-state index in [9.17, 15) is 14.7 Å². The number of rotatable bonds is 6. The van der Waals surface area contributed by atoms with Crippen molar-refractivity contribution in [1.29, 1.82) is 0 Å². The zero-order valence-corrected chi connectivity index (χ0v) is 14.6. The van der Waals surface area contributed by atoms with E-state index in [0.29, 0.717) is 16.9 Å². The summed E-state index contributed by atoms with van der Waals surface area (Å²) in [7, 11) is 1.53. The van der Waals surface area contributed by atoms with Crippen LogP contribution in [0.25, 0.3) is 0 Å². The number of hydrogen-bond acceptors (Lipinski definition) is 5. The topological polar surface area (TPSA) is 93.5 Å². The fraction of sp³-hybridized carbons (Fsp3) is 0.150. The van der Waals surface area contributed by atoms with Crippen molar-refractivity contribution in [1.82, 2.24) is 14.9 Å². The second kappa shape index (κ2) is 8.29. The first-order valence-corrected chi connectivity index (χ1v) is 8.30. The van der Waals surface area contributed by atoms with Crippen LogP contribution in [0.1, 0.15) is 26.8 Å². The zero-order chi connectivity index (χ0) is 19.2. The molecule has 7 heteroatoms. The van der Waals surface area contributed by atoms with Crippen molar-refractivity contribution in [3.63, 3.8) is 0 Å². The smallest absolute Gasteiger partial charge is 0.256 e. The van der Waals surface area contributed by atoms with Crippen LogP contribution in [0.3, 0.4) is 0 Å². The number of amides is 1. The lowest BCUT2D eigenvalue weighted by molar-refractivity contribution is 0.0626. The van der Waals surface area contributed by atoms with E-state index >= 15 is 0 Å². The number of benzene rings is 1. The van der Waals surface area contributed by atoms with Gasteiger partial charge in [-0.3, -0.25) is 19.1 Å². The van der Waals surface area contributed by atoms with Gasteiger partial charge in [-0.15, -0.1) is 0 Å². The van der Waals surface area contributed by atoms with Gasteiger partial charge in [0.2, 0.25) is 0 Å². The number of ether oxygens (including phenoxy) is 1. The molecule has 3 aromatic rings. The number of nitrogens with one attached hydrogen (secondary N) is 1. The molecule has 138 valence electrons. The molecular formula is C20H19N3O4. The van der Waals surface area contributed by atoms with Crippen molar-refractivity contribution in [2.45, 2.75) is 12.1 Å². The molecule has 7 nitrogen and oxygen atoms in total. The molecule has 0 spiro atoms. The van der Waals surface area contributed by atoms with Gasteiger partial charge in [-0.1, -0.05) is 0 Å². The highest BCUT2D eigenvalue weighted by Gasteiger charge is 2.31. The predicted molar refractivity (Wildman–Crippen MR) is 98.5 cm³/mol. The Bertz CT molecular complexity index is 893. The van der Waals surface area contributed by atoms with Crippen LogP contribution >= 0.6 is 0 Å². The molecule has 2 atom stereocenters. The van der Waals surface area contributed by atoms with Crippen LogP contribution in [0.2, 0.25) is 0 Å². The summed E-state index contributed by atoms with van der Waals surface area (Å²) in [6.07, 6.45) is 4.93. The van der Waals surface area contributed by atoms with Crippen LogP contribution in [-0.2, 0) is 0 Å². The van der Waals surface area contributed by atoms with Gasteiger partial charge in [-0.2, -0.15) is 0 Å². The molecule has 0 saturated carbocycles. The second-order valence-corrected chi connectivity index (χ2v) is 5.83. The number of hydrogen-bond donors (Lipinski definition) is 2. The summed E-state index contributed by atoms with van der Waals surface area (Å²) in [5.74, 6) is -0.314. The minimum atomic E-state index is -1.23. The molecule has 0 radical (unpaired) electrons. The number of aliphatic hydroxyl groups excluding tert-OH is 1. The number of methoxy groups -OCH3 is 1. The van der Waals surface area contributed by atoms with Crippen molar-refractivity contribution in [3.05, 3.63) is 84.4 Å². The van der Waals surface area contributed by atoms with Gasteiger partial charge in [0.25, 0.3) is 11.8 Å². The third kappa shape index (κ3) is 4.21. The molecule has 0 aliphatic carbocycles. The van der Waals surface area contributed by atoms with Gasteiger partial charge in [0, 0.05) is 30.4 Å². The molecule has 1 aromatic carbocycles. The molecule has 2 aromatic heterocycles. The Labute approximate surface area is 156 Å². The molecule has 27 heavy (non-hydrogen) atoms. The monoisotopic (exact) mass is 365 g/mol. The molecule has 0 fully saturated rings. The van der Waals surface area contributed by atoms with Crippen molar-refractivity contribution < 1.29 is 19.4 Å². The van der Waals surface area contributed by atoms with Crippen LogP contribution in [0.15, 0.2) is 73.3 Å². The SMILES string of the molecule is COc1ccc(C(=O)NC(C(=O)n2cccc2)C(O)c2ccncc2)cc1. The van der Waals surface area contributed by atoms with Gasteiger partial charge in [0.05, 0.1) is 7.11 Å². The lowest BCUT2D eigenvalue weighted by Crippen LogP contribution is -2.47. The van der Waals surface area contributed by atoms with E-state index in [-0.39, 0.29) is 0 Å². The second-order valence-electron chi connectivity index (χ2n) is 5.83. The molecule has 0 aliphatic rings. The first-order chi connectivity index (χ1) is 13.1. The summed E-state index contributed by atoms with van der Waals surface area (Å²) >= 11 is 0. The molecule has 0 saturated heterocycles. The van der Waals surface area contributed by atoms with Gasteiger partial charge < -0.3 is 15.2 Å². The molecule has 2 heterocycles. The van der Waals surface area contributed by atoms with Crippen molar-refractivity contribution >= 4 is 11.8 Å². The summed E-state index contributed by atoms with van der Waals surface area (Å²) in [5, 5.41) is 13.4. The van der Waals surface area contributed by atoms with E-state index in [0.717, 1.165) is 0 Å². The molecule has 2 N–H and O–H groups in total. The Balaban J connectivity index is 1.86. The summed E-state index contributed by atoms with van der Waals surface area (Å²) in [5.41, 5.74) is 0.827. The molecule has 0 bridgehead atoms. The van der Waals surface area contributed by atoms with E-state index in [4.69, 9.17) is 4.74 Å². The number of nitrogens with zero attached hydrogens (tertiary/aromatic N) is 2. The Kier molecular flexibility index (Phi) is 5.63. The molecule has 1 amide bonds. The van der Waals surface area contributed by atoms with Crippen LogP contribution in [0.4, 0.5) is 0 Å². The quantitative estimate of drug-likeness (QED) is 0.697. The maximum Gasteiger partial charge on any atom is 0.256 e. The number of aromatic nitrogens is 2. The van der Waals surface area contributed by atoms with E-state index in [1.807, 2.05) is 0 Å². The average molecular weight is 365 g/mol. The van der Waals surface area contributed by atoms with Crippen molar-refractivity contribution in [3.8, 4) is 5.75 Å². The summed E-state index contributed by atoms with van der Waals surface area (Å²) in [4.78, 5) is 29.4. The van der Waals surface area contributed by atoms with Crippen molar-refractivity contribution in [2.24, 2.45) is 0 Å². The number of pyridine rings is 1. The van der Waals surface area contributed by atoms with Crippen molar-refractivity contribution in [2.75, 3.05) is 7.11 Å². The molecular weight excluding hydrogens is 346 g/mol. The standard InChI is InChI=1S/C20H19N3O4/c1-27-16-6-4-15(5-7-16)19(25)22-17(20(26)23-12-2-3-13-23)18(24)14-8-10-21-11-9-14/h2-13,17-18,24H,1H3,(H,22,25). The van der Waals surface area contributed by atoms with Gasteiger partial charge in [-0.05, 0) is 54.1 Å². The first kappa shape index (κ1) is 18.3. The highest BCUT2D eigenvalue weighted by molar-refractivity contribution is 5.98. The molecule has 0 aliphatic heterocycles. The minimum absolute atomic E-state index is 0.350. The third-order valence-electron chi connectivity index (χ3n) is 4.13. The maximum atomic E-state index is 12.8. The minimum Gasteiger partial charge on any atom is -0.497 e. The van der Waals surface area contributed by atoms with Gasteiger partial charge in [0.1, 0.15) is 17.9 Å². The Morgan fingerprint density at radius 1 is 1.07 bits per heavy atom. The van der Waals surface area contributed by atoms with E-state index < -0.39 is 24.0 Å². The van der Waals surface area contributed by atoms with E-state index in [1.165, 1.54) is 24.1 Å². The highest BCUT2D eigenvalue weighted by Crippen LogP contribution is 2.19. The Morgan fingerprint density at radius 2 is 1.70 bits per heavy atom. The Hall–Kier alpha value is -3.45. The summed E-state index contributed by atoms with van der Waals surface area (Å²) in [6, 6.07) is 11.9. The fourth-order valence-corrected chi connectivity index (χ4v) is 2.64. The first-order valence-electron chi connectivity index (χ1n) is 8.30. The zero-order valence-electron chi connectivity index (χ0n) is 14.6. The largest absolute Gasteiger partial charge is 0.497 e. The Morgan fingerprint density at radius 3 is 2.30 bits per heavy atom. The lowest BCUT2D eigenvalue weighted by atomic mass is 10.0. The van der Waals surface area contributed by atoms with Crippen LogP contribution in [0.5, 0.6) is 5.75 Å². The maximum absolute atomic E-state index is 12.8. The highest BCUT2D eigenvalue weighted by atomic mass is 16.5. The third-order valence-corrected chi connectivity index (χ3v) is 4.13. The van der Waals surface area contributed by atoms with Crippen LogP contribution < -0.4 is 10.1 Å². The van der Waals surface area contributed by atoms with Gasteiger partial charge in [-0.25, -0.2) is 0 Å².